The fourth-order valence-electron chi connectivity index (χ4n) is 2.88. The van der Waals surface area contributed by atoms with Crippen molar-refractivity contribution in [1.29, 1.82) is 0 Å². The summed E-state index contributed by atoms with van der Waals surface area (Å²) in [6.45, 7) is 4.11. The van der Waals surface area contributed by atoms with Gasteiger partial charge in [-0.25, -0.2) is 15.4 Å². The predicted octanol–water partition coefficient (Wildman–Crippen LogP) is 2.09. The summed E-state index contributed by atoms with van der Waals surface area (Å²) in [5.74, 6) is -0.277. The smallest absolute Gasteiger partial charge is 0.324 e. The van der Waals surface area contributed by atoms with Crippen LogP contribution >= 0.6 is 22.6 Å². The van der Waals surface area contributed by atoms with Crippen molar-refractivity contribution >= 4 is 34.2 Å². The lowest BCUT2D eigenvalue weighted by atomic mass is 10.1. The summed E-state index contributed by atoms with van der Waals surface area (Å²) in [5, 5.41) is 10.4. The SMILES string of the molecule is CCCOc1ncc(I)cc1-c1nc2c(c(=O)[nH]1)N(CC(=O)O)NC2CC. The number of hydrazine groups is 1. The molecule has 0 saturated heterocycles. The van der Waals surface area contributed by atoms with Gasteiger partial charge < -0.3 is 14.8 Å². The Bertz CT molecular complexity index is 917. The van der Waals surface area contributed by atoms with Gasteiger partial charge in [-0.3, -0.25) is 14.6 Å². The molecule has 0 radical (unpaired) electrons. The summed E-state index contributed by atoms with van der Waals surface area (Å²) in [4.78, 5) is 35.5. The van der Waals surface area contributed by atoms with Crippen LogP contribution in [0.25, 0.3) is 11.4 Å². The van der Waals surface area contributed by atoms with Crippen LogP contribution in [0.15, 0.2) is 17.1 Å². The average Bonchev–Trinajstić information content (AvgIpc) is 2.98. The first kappa shape index (κ1) is 19.5. The first-order chi connectivity index (χ1) is 12.9. The number of carboxylic acid groups (broad SMARTS) is 1. The van der Waals surface area contributed by atoms with Gasteiger partial charge in [0.25, 0.3) is 5.56 Å². The van der Waals surface area contributed by atoms with Crippen molar-refractivity contribution in [2.75, 3.05) is 18.2 Å². The van der Waals surface area contributed by atoms with Gasteiger partial charge in [-0.05, 0) is 41.5 Å². The molecule has 3 N–H and O–H groups in total. The molecule has 1 aliphatic heterocycles. The number of hydrogen-bond acceptors (Lipinski definition) is 7. The maximum absolute atomic E-state index is 12.7. The Labute approximate surface area is 169 Å². The van der Waals surface area contributed by atoms with Crippen LogP contribution in [0.2, 0.25) is 0 Å². The highest BCUT2D eigenvalue weighted by atomic mass is 127. The summed E-state index contributed by atoms with van der Waals surface area (Å²) >= 11 is 2.14. The molecule has 0 amide bonds. The number of rotatable bonds is 7. The molecule has 1 unspecified atom stereocenters. The number of carbonyl (C=O) groups is 1. The van der Waals surface area contributed by atoms with E-state index < -0.39 is 11.5 Å². The Morgan fingerprint density at radius 2 is 2.22 bits per heavy atom. The van der Waals surface area contributed by atoms with E-state index in [1.807, 2.05) is 19.9 Å². The van der Waals surface area contributed by atoms with Gasteiger partial charge in [0.1, 0.15) is 18.1 Å². The Morgan fingerprint density at radius 1 is 1.44 bits per heavy atom. The van der Waals surface area contributed by atoms with Crippen LogP contribution in [-0.2, 0) is 4.79 Å². The number of aromatic amines is 1. The molecule has 0 spiro atoms. The molecule has 0 saturated carbocycles. The van der Waals surface area contributed by atoms with Gasteiger partial charge in [0.2, 0.25) is 5.88 Å². The molecule has 1 aliphatic rings. The summed E-state index contributed by atoms with van der Waals surface area (Å²) in [5.41, 5.74) is 4.00. The highest BCUT2D eigenvalue weighted by molar-refractivity contribution is 14.1. The predicted molar refractivity (Wildman–Crippen MR) is 108 cm³/mol. The molecule has 144 valence electrons. The van der Waals surface area contributed by atoms with Crippen molar-refractivity contribution in [3.63, 3.8) is 0 Å². The fraction of sp³-hybridized carbons (Fsp3) is 0.412. The van der Waals surface area contributed by atoms with Crippen LogP contribution in [0.4, 0.5) is 5.69 Å². The Balaban J connectivity index is 2.10. The van der Waals surface area contributed by atoms with Crippen LogP contribution in [-0.4, -0.2) is 39.2 Å². The highest BCUT2D eigenvalue weighted by Crippen LogP contribution is 2.33. The molecule has 0 fully saturated rings. The third-order valence-corrected chi connectivity index (χ3v) is 4.64. The molecular weight excluding hydrogens is 465 g/mol. The lowest BCUT2D eigenvalue weighted by molar-refractivity contribution is -0.135. The number of halogens is 1. The van der Waals surface area contributed by atoms with Gasteiger partial charge in [0.15, 0.2) is 0 Å². The molecule has 1 atom stereocenters. The molecule has 0 bridgehead atoms. The monoisotopic (exact) mass is 485 g/mol. The first-order valence-corrected chi connectivity index (χ1v) is 9.70. The van der Waals surface area contributed by atoms with Crippen molar-refractivity contribution < 1.29 is 14.6 Å². The van der Waals surface area contributed by atoms with Crippen molar-refractivity contribution in [2.45, 2.75) is 32.7 Å². The van der Waals surface area contributed by atoms with Crippen LogP contribution in [0.3, 0.4) is 0 Å². The summed E-state index contributed by atoms with van der Waals surface area (Å²) in [7, 11) is 0. The van der Waals surface area contributed by atoms with E-state index in [4.69, 9.17) is 9.84 Å². The number of fused-ring (bicyclic) bond motifs is 1. The number of pyridine rings is 1. The second kappa shape index (κ2) is 8.21. The minimum atomic E-state index is -1.04. The zero-order chi connectivity index (χ0) is 19.6. The van der Waals surface area contributed by atoms with Crippen LogP contribution in [0.1, 0.15) is 38.4 Å². The van der Waals surface area contributed by atoms with E-state index >= 15 is 0 Å². The van der Waals surface area contributed by atoms with E-state index in [-0.39, 0.29) is 18.3 Å². The molecule has 2 aromatic rings. The number of carboxylic acids is 1. The van der Waals surface area contributed by atoms with E-state index in [0.717, 1.165) is 9.99 Å². The molecule has 10 heteroatoms. The topological polar surface area (TPSA) is 120 Å². The molecule has 27 heavy (non-hydrogen) atoms. The molecule has 3 heterocycles. The molecule has 3 rings (SSSR count). The normalized spacial score (nSPS) is 15.7. The number of anilines is 1. The number of hydrogen-bond donors (Lipinski definition) is 3. The van der Waals surface area contributed by atoms with E-state index in [1.54, 1.807) is 6.20 Å². The second-order valence-electron chi connectivity index (χ2n) is 6.07. The van der Waals surface area contributed by atoms with E-state index in [9.17, 15) is 9.59 Å². The largest absolute Gasteiger partial charge is 0.480 e. The summed E-state index contributed by atoms with van der Waals surface area (Å²) in [6.07, 6.45) is 3.17. The number of H-pyrrole nitrogens is 1. The average molecular weight is 485 g/mol. The van der Waals surface area contributed by atoms with Gasteiger partial charge in [-0.2, -0.15) is 0 Å². The van der Waals surface area contributed by atoms with Crippen molar-refractivity contribution in [3.05, 3.63) is 31.9 Å². The highest BCUT2D eigenvalue weighted by Gasteiger charge is 2.33. The van der Waals surface area contributed by atoms with Gasteiger partial charge in [0.05, 0.1) is 23.9 Å². The minimum Gasteiger partial charge on any atom is -0.480 e. The van der Waals surface area contributed by atoms with E-state index in [2.05, 4.69) is 43.0 Å². The van der Waals surface area contributed by atoms with Crippen molar-refractivity contribution in [2.24, 2.45) is 0 Å². The number of aliphatic carboxylic acids is 1. The molecule has 9 nitrogen and oxygen atoms in total. The number of nitrogens with one attached hydrogen (secondary N) is 2. The number of aromatic nitrogens is 3. The zero-order valence-electron chi connectivity index (χ0n) is 15.0. The lowest BCUT2D eigenvalue weighted by Gasteiger charge is -2.16. The summed E-state index contributed by atoms with van der Waals surface area (Å²) < 4.78 is 6.58. The minimum absolute atomic E-state index is 0.239. The zero-order valence-corrected chi connectivity index (χ0v) is 17.1. The van der Waals surface area contributed by atoms with Gasteiger partial charge in [-0.15, -0.1) is 0 Å². The first-order valence-electron chi connectivity index (χ1n) is 8.63. The van der Waals surface area contributed by atoms with Crippen LogP contribution < -0.4 is 20.7 Å². The Kier molecular flexibility index (Phi) is 5.95. The van der Waals surface area contributed by atoms with Crippen molar-refractivity contribution in [1.82, 2.24) is 20.4 Å². The Morgan fingerprint density at radius 3 is 2.89 bits per heavy atom. The van der Waals surface area contributed by atoms with Crippen molar-refractivity contribution in [3.8, 4) is 17.3 Å². The maximum Gasteiger partial charge on any atom is 0.324 e. The summed E-state index contributed by atoms with van der Waals surface area (Å²) in [6, 6.07) is 1.61. The maximum atomic E-state index is 12.7. The lowest BCUT2D eigenvalue weighted by Crippen LogP contribution is -2.40. The van der Waals surface area contributed by atoms with E-state index in [1.165, 1.54) is 5.01 Å². The van der Waals surface area contributed by atoms with Gasteiger partial charge in [0, 0.05) is 9.77 Å². The third kappa shape index (κ3) is 4.05. The molecule has 2 aromatic heterocycles. The molecule has 0 aromatic carbocycles. The third-order valence-electron chi connectivity index (χ3n) is 4.05. The fourth-order valence-corrected chi connectivity index (χ4v) is 3.33. The Hall–Kier alpha value is -2.21. The van der Waals surface area contributed by atoms with Gasteiger partial charge >= 0.3 is 5.97 Å². The van der Waals surface area contributed by atoms with Crippen LogP contribution in [0.5, 0.6) is 5.88 Å². The second-order valence-corrected chi connectivity index (χ2v) is 7.32. The quantitative estimate of drug-likeness (QED) is 0.510. The molecular formula is C17H20IN5O4. The standard InChI is InChI=1S/C17H20IN5O4/c1-3-5-27-17-10(6-9(18)7-19-17)15-20-13-11(4-2)22-23(8-12(24)25)14(13)16(26)21-15/h6-7,11,22H,3-5,8H2,1-2H3,(H,24,25)(H,20,21,26). The van der Waals surface area contributed by atoms with E-state index in [0.29, 0.717) is 36.0 Å². The number of ether oxygens (including phenoxy) is 1. The number of nitrogens with zero attached hydrogens (tertiary/aromatic N) is 3. The van der Waals surface area contributed by atoms with Crippen LogP contribution in [0, 0.1) is 3.57 Å². The molecule has 0 aliphatic carbocycles. The van der Waals surface area contributed by atoms with Gasteiger partial charge in [-0.1, -0.05) is 13.8 Å².